The van der Waals surface area contributed by atoms with Crippen molar-refractivity contribution >= 4 is 23.2 Å². The quantitative estimate of drug-likeness (QED) is 0.343. The number of nitrogens with one attached hydrogen (secondary N) is 1. The third-order valence-electron chi connectivity index (χ3n) is 7.60. The molecule has 0 bridgehead atoms. The first-order valence-corrected chi connectivity index (χ1v) is 13.5. The topological polar surface area (TPSA) is 118 Å². The van der Waals surface area contributed by atoms with E-state index >= 15 is 0 Å². The lowest BCUT2D eigenvalue weighted by Gasteiger charge is -2.29. The largest absolute Gasteiger partial charge is 0.392 e. The first kappa shape index (κ1) is 27.3. The van der Waals surface area contributed by atoms with Gasteiger partial charge in [-0.3, -0.25) is 14.5 Å². The number of hydrogen-bond donors (Lipinski definition) is 2. The lowest BCUT2D eigenvalue weighted by Crippen LogP contribution is -2.41. The van der Waals surface area contributed by atoms with Gasteiger partial charge in [0.25, 0.3) is 11.5 Å². The van der Waals surface area contributed by atoms with Gasteiger partial charge in [-0.15, -0.1) is 0 Å². The van der Waals surface area contributed by atoms with Gasteiger partial charge in [-0.2, -0.15) is 0 Å². The Morgan fingerprint density at radius 2 is 1.85 bits per heavy atom. The van der Waals surface area contributed by atoms with Crippen LogP contribution >= 0.6 is 0 Å². The monoisotopic (exact) mass is 541 g/mol. The summed E-state index contributed by atoms with van der Waals surface area (Å²) >= 11 is 0. The number of aliphatic hydroxyl groups excluding tert-OH is 1. The predicted octanol–water partition coefficient (Wildman–Crippen LogP) is 4.22. The Hall–Kier alpha value is -4.31. The van der Waals surface area contributed by atoms with Crippen LogP contribution in [0.1, 0.15) is 54.6 Å². The highest BCUT2D eigenvalue weighted by atomic mass is 16.3. The molecule has 0 saturated heterocycles. The standard InChI is InChI=1S/C30H35N7O3/c1-6-30(3,4)15-20-13-25-29(40)37(12-11-36(25)16-20)27-23(18-38)22(7-9-32-27)21-14-24(28(39)35(5)17-21)34-26-8-10-31-19(2)33-26/h7-10,13-14,16-17,38H,6,11-12,15,18H2,1-5H3,(H,31,33,34). The van der Waals surface area contributed by atoms with Gasteiger partial charge in [-0.1, -0.05) is 27.2 Å². The Bertz CT molecular complexity index is 1640. The van der Waals surface area contributed by atoms with Gasteiger partial charge in [0.1, 0.15) is 28.8 Å². The molecule has 0 aromatic carbocycles. The summed E-state index contributed by atoms with van der Waals surface area (Å²) in [4.78, 5) is 41.2. The van der Waals surface area contributed by atoms with Crippen molar-refractivity contribution in [2.75, 3.05) is 16.8 Å². The number of hydrogen-bond acceptors (Lipinski definition) is 7. The summed E-state index contributed by atoms with van der Waals surface area (Å²) in [6, 6.07) is 7.18. The highest BCUT2D eigenvalue weighted by Crippen LogP contribution is 2.33. The smallest absolute Gasteiger partial charge is 0.276 e. The Morgan fingerprint density at radius 3 is 2.58 bits per heavy atom. The molecule has 4 aromatic heterocycles. The number of anilines is 3. The van der Waals surface area contributed by atoms with E-state index in [1.54, 1.807) is 55.7 Å². The van der Waals surface area contributed by atoms with E-state index < -0.39 is 0 Å². The molecule has 0 atom stereocenters. The lowest BCUT2D eigenvalue weighted by molar-refractivity contribution is 0.0964. The molecule has 0 fully saturated rings. The van der Waals surface area contributed by atoms with Crippen LogP contribution in [0.3, 0.4) is 0 Å². The number of aryl methyl sites for hydroxylation is 2. The van der Waals surface area contributed by atoms with Gasteiger partial charge in [0, 0.05) is 56.1 Å². The van der Waals surface area contributed by atoms with Gasteiger partial charge in [-0.25, -0.2) is 15.0 Å². The van der Waals surface area contributed by atoms with Gasteiger partial charge in [-0.05, 0) is 54.2 Å². The molecule has 208 valence electrons. The minimum Gasteiger partial charge on any atom is -0.392 e. The maximum atomic E-state index is 13.7. The number of amides is 1. The van der Waals surface area contributed by atoms with Crippen molar-refractivity contribution in [3.63, 3.8) is 0 Å². The fourth-order valence-corrected chi connectivity index (χ4v) is 5.11. The zero-order valence-electron chi connectivity index (χ0n) is 23.6. The second-order valence-corrected chi connectivity index (χ2v) is 11.1. The molecule has 1 aliphatic heterocycles. The molecule has 5 rings (SSSR count). The molecule has 0 spiro atoms. The minimum absolute atomic E-state index is 0.145. The van der Waals surface area contributed by atoms with E-state index in [1.165, 1.54) is 4.57 Å². The Kier molecular flexibility index (Phi) is 7.29. The highest BCUT2D eigenvalue weighted by molar-refractivity contribution is 6.06. The second-order valence-electron chi connectivity index (χ2n) is 11.1. The average molecular weight is 542 g/mol. The van der Waals surface area contributed by atoms with Gasteiger partial charge >= 0.3 is 0 Å². The van der Waals surface area contributed by atoms with E-state index in [2.05, 4.69) is 47.2 Å². The maximum Gasteiger partial charge on any atom is 0.276 e. The number of aromatic nitrogens is 5. The summed E-state index contributed by atoms with van der Waals surface area (Å²) in [6.45, 7) is 9.17. The van der Waals surface area contributed by atoms with Gasteiger partial charge in [0.2, 0.25) is 0 Å². The van der Waals surface area contributed by atoms with Crippen LogP contribution in [0.2, 0.25) is 0 Å². The summed E-state index contributed by atoms with van der Waals surface area (Å²) in [7, 11) is 1.67. The molecule has 0 unspecified atom stereocenters. The van der Waals surface area contributed by atoms with Crippen LogP contribution in [-0.4, -0.2) is 41.6 Å². The van der Waals surface area contributed by atoms with Crippen molar-refractivity contribution < 1.29 is 9.90 Å². The minimum atomic E-state index is -0.323. The molecule has 0 saturated carbocycles. The molecular weight excluding hydrogens is 506 g/mol. The van der Waals surface area contributed by atoms with Crippen molar-refractivity contribution in [3.8, 4) is 11.1 Å². The van der Waals surface area contributed by atoms with Crippen LogP contribution in [0.15, 0.2) is 53.8 Å². The molecule has 10 nitrogen and oxygen atoms in total. The zero-order valence-corrected chi connectivity index (χ0v) is 23.6. The summed E-state index contributed by atoms with van der Waals surface area (Å²) in [5, 5.41) is 13.6. The fourth-order valence-electron chi connectivity index (χ4n) is 5.11. The summed E-state index contributed by atoms with van der Waals surface area (Å²) in [6.07, 6.45) is 8.98. The van der Waals surface area contributed by atoms with E-state index in [-0.39, 0.29) is 23.5 Å². The third-order valence-corrected chi connectivity index (χ3v) is 7.60. The van der Waals surface area contributed by atoms with Crippen LogP contribution in [-0.2, 0) is 26.6 Å². The van der Waals surface area contributed by atoms with Crippen molar-refractivity contribution in [3.05, 3.63) is 82.1 Å². The van der Waals surface area contributed by atoms with Crippen molar-refractivity contribution in [1.29, 1.82) is 0 Å². The molecule has 1 amide bonds. The Morgan fingerprint density at radius 1 is 1.07 bits per heavy atom. The van der Waals surface area contributed by atoms with Gasteiger partial charge in [0.15, 0.2) is 0 Å². The Balaban J connectivity index is 1.51. The second kappa shape index (κ2) is 10.7. The summed E-state index contributed by atoms with van der Waals surface area (Å²) in [5.74, 6) is 1.36. The molecule has 1 aliphatic rings. The molecule has 0 radical (unpaired) electrons. The SMILES string of the molecule is CCC(C)(C)Cc1cc2n(c1)CCN(c1nccc(-c3cc(Nc4ccnc(C)n4)c(=O)n(C)c3)c1CO)C2=O. The van der Waals surface area contributed by atoms with Gasteiger partial charge < -0.3 is 19.6 Å². The molecule has 40 heavy (non-hydrogen) atoms. The number of carbonyl (C=O) groups is 1. The van der Waals surface area contributed by atoms with Crippen LogP contribution in [0.5, 0.6) is 0 Å². The van der Waals surface area contributed by atoms with E-state index in [0.29, 0.717) is 58.6 Å². The van der Waals surface area contributed by atoms with Crippen molar-refractivity contribution in [2.45, 2.75) is 53.7 Å². The number of carbonyl (C=O) groups excluding carboxylic acids is 1. The average Bonchev–Trinajstić information content (AvgIpc) is 3.33. The molecule has 10 heteroatoms. The van der Waals surface area contributed by atoms with Gasteiger partial charge in [0.05, 0.1) is 6.61 Å². The molecule has 2 N–H and O–H groups in total. The molecule has 4 aromatic rings. The van der Waals surface area contributed by atoms with E-state index in [9.17, 15) is 14.7 Å². The maximum absolute atomic E-state index is 13.7. The van der Waals surface area contributed by atoms with Crippen molar-refractivity contribution in [1.82, 2.24) is 24.1 Å². The highest BCUT2D eigenvalue weighted by Gasteiger charge is 2.30. The van der Waals surface area contributed by atoms with Crippen LogP contribution in [0.4, 0.5) is 17.3 Å². The first-order valence-electron chi connectivity index (χ1n) is 13.5. The van der Waals surface area contributed by atoms with E-state index in [0.717, 1.165) is 18.4 Å². The summed E-state index contributed by atoms with van der Waals surface area (Å²) in [5.41, 5.74) is 3.91. The number of rotatable bonds is 8. The number of nitrogens with zero attached hydrogens (tertiary/aromatic N) is 6. The third kappa shape index (κ3) is 5.27. The zero-order chi connectivity index (χ0) is 28.6. The van der Waals surface area contributed by atoms with Crippen LogP contribution in [0, 0.1) is 12.3 Å². The van der Waals surface area contributed by atoms with Crippen LogP contribution < -0.4 is 15.8 Å². The fraction of sp³-hybridized carbons (Fsp3) is 0.367. The van der Waals surface area contributed by atoms with E-state index in [4.69, 9.17) is 0 Å². The number of pyridine rings is 2. The predicted molar refractivity (Wildman–Crippen MR) is 155 cm³/mol. The summed E-state index contributed by atoms with van der Waals surface area (Å²) < 4.78 is 3.49. The number of aliphatic hydroxyl groups is 1. The number of fused-ring (bicyclic) bond motifs is 1. The Labute approximate surface area is 233 Å². The lowest BCUT2D eigenvalue weighted by atomic mass is 9.84. The van der Waals surface area contributed by atoms with Crippen molar-refractivity contribution in [2.24, 2.45) is 12.5 Å². The normalized spacial score (nSPS) is 13.4. The molecule has 5 heterocycles. The first-order chi connectivity index (χ1) is 19.1. The molecule has 0 aliphatic carbocycles. The van der Waals surface area contributed by atoms with Crippen LogP contribution in [0.25, 0.3) is 11.1 Å². The molecular formula is C30H35N7O3. The van der Waals surface area contributed by atoms with E-state index in [1.807, 2.05) is 10.6 Å².